The molecule has 0 radical (unpaired) electrons. The average molecular weight is 251 g/mol. The maximum absolute atomic E-state index is 11.5. The van der Waals surface area contributed by atoms with E-state index in [4.69, 9.17) is 9.47 Å². The second-order valence-corrected chi connectivity index (χ2v) is 3.98. The molecule has 1 rings (SSSR count). The molecule has 1 aromatic carbocycles. The number of nitrogens with one attached hydrogen (secondary N) is 1. The molecule has 1 aromatic rings. The van der Waals surface area contributed by atoms with Crippen LogP contribution in [0.15, 0.2) is 30.3 Å². The summed E-state index contributed by atoms with van der Waals surface area (Å²) in [6.07, 6.45) is 1.58. The lowest BCUT2D eigenvalue weighted by Gasteiger charge is -2.16. The van der Waals surface area contributed by atoms with Gasteiger partial charge in [-0.1, -0.05) is 25.1 Å². The number of carbonyl (C=O) groups excluding carboxylic acids is 1. The number of para-hydroxylation sites is 1. The molecule has 1 N–H and O–H groups in total. The molecule has 4 nitrogen and oxygen atoms in total. The van der Waals surface area contributed by atoms with Gasteiger partial charge in [-0.15, -0.1) is 0 Å². The van der Waals surface area contributed by atoms with Crippen LogP contribution in [0.2, 0.25) is 0 Å². The van der Waals surface area contributed by atoms with Gasteiger partial charge in [0.2, 0.25) is 0 Å². The lowest BCUT2D eigenvalue weighted by Crippen LogP contribution is -2.39. The molecule has 100 valence electrons. The minimum Gasteiger partial charge on any atom is -0.494 e. The summed E-state index contributed by atoms with van der Waals surface area (Å²) in [5, 5.41) is 3.15. The van der Waals surface area contributed by atoms with E-state index in [0.717, 1.165) is 18.7 Å². The van der Waals surface area contributed by atoms with Crippen LogP contribution in [-0.4, -0.2) is 32.3 Å². The first-order valence-corrected chi connectivity index (χ1v) is 6.27. The Morgan fingerprint density at radius 1 is 1.33 bits per heavy atom. The molecule has 0 bridgehead atoms. The summed E-state index contributed by atoms with van der Waals surface area (Å²) in [5.41, 5.74) is 0. The van der Waals surface area contributed by atoms with Gasteiger partial charge >= 0.3 is 5.97 Å². The van der Waals surface area contributed by atoms with Gasteiger partial charge in [0, 0.05) is 6.42 Å². The van der Waals surface area contributed by atoms with Crippen molar-refractivity contribution in [3.8, 4) is 5.75 Å². The highest BCUT2D eigenvalue weighted by Crippen LogP contribution is 2.09. The zero-order valence-electron chi connectivity index (χ0n) is 11.0. The van der Waals surface area contributed by atoms with Gasteiger partial charge in [0.1, 0.15) is 11.8 Å². The minimum absolute atomic E-state index is 0.236. The summed E-state index contributed by atoms with van der Waals surface area (Å²) in [4.78, 5) is 11.5. The van der Waals surface area contributed by atoms with Gasteiger partial charge in [0.15, 0.2) is 0 Å². The van der Waals surface area contributed by atoms with Gasteiger partial charge in [-0.25, -0.2) is 0 Å². The summed E-state index contributed by atoms with van der Waals surface area (Å²) < 4.78 is 10.3. The van der Waals surface area contributed by atoms with Crippen molar-refractivity contribution in [3.05, 3.63) is 30.3 Å². The fourth-order valence-corrected chi connectivity index (χ4v) is 1.58. The highest BCUT2D eigenvalue weighted by molar-refractivity contribution is 5.75. The molecule has 0 aromatic heterocycles. The number of benzene rings is 1. The Hall–Kier alpha value is -1.55. The molecule has 0 saturated carbocycles. The molecule has 1 atom stereocenters. The predicted molar refractivity (Wildman–Crippen MR) is 70.7 cm³/mol. The van der Waals surface area contributed by atoms with Crippen LogP contribution < -0.4 is 10.1 Å². The molecule has 0 heterocycles. The minimum atomic E-state index is -0.293. The summed E-state index contributed by atoms with van der Waals surface area (Å²) >= 11 is 0. The van der Waals surface area contributed by atoms with E-state index in [9.17, 15) is 4.79 Å². The summed E-state index contributed by atoms with van der Waals surface area (Å²) in [6, 6.07) is 9.27. The second-order valence-electron chi connectivity index (χ2n) is 3.98. The lowest BCUT2D eigenvalue weighted by atomic mass is 10.2. The lowest BCUT2D eigenvalue weighted by molar-refractivity contribution is -0.143. The largest absolute Gasteiger partial charge is 0.494 e. The molecule has 0 amide bonds. The van der Waals surface area contributed by atoms with Crippen molar-refractivity contribution >= 4 is 5.97 Å². The van der Waals surface area contributed by atoms with Crippen molar-refractivity contribution in [2.75, 3.05) is 20.3 Å². The molecular weight excluding hydrogens is 230 g/mol. The van der Waals surface area contributed by atoms with Gasteiger partial charge < -0.3 is 14.8 Å². The topological polar surface area (TPSA) is 47.6 Å². The first-order valence-electron chi connectivity index (χ1n) is 6.27. The number of methoxy groups -OCH3 is 1. The van der Waals surface area contributed by atoms with Crippen LogP contribution in [0.25, 0.3) is 0 Å². The van der Waals surface area contributed by atoms with E-state index < -0.39 is 0 Å². The molecule has 0 aliphatic carbocycles. The zero-order valence-corrected chi connectivity index (χ0v) is 11.0. The Bertz CT molecular complexity index is 340. The molecule has 4 heteroatoms. The Balaban J connectivity index is 2.35. The standard InChI is InChI=1S/C14H21NO3/c1-3-10-15-13(14(16)17-2)9-11-18-12-7-5-4-6-8-12/h4-8,13,15H,3,9-11H2,1-2H3. The third-order valence-corrected chi connectivity index (χ3v) is 2.54. The maximum Gasteiger partial charge on any atom is 0.322 e. The van der Waals surface area contributed by atoms with E-state index in [2.05, 4.69) is 12.2 Å². The third-order valence-electron chi connectivity index (χ3n) is 2.54. The van der Waals surface area contributed by atoms with Gasteiger partial charge in [0.25, 0.3) is 0 Å². The van der Waals surface area contributed by atoms with Gasteiger partial charge in [-0.05, 0) is 25.1 Å². The number of hydrogen-bond acceptors (Lipinski definition) is 4. The van der Waals surface area contributed by atoms with E-state index in [-0.39, 0.29) is 12.0 Å². The van der Waals surface area contributed by atoms with Crippen molar-refractivity contribution in [3.63, 3.8) is 0 Å². The second kappa shape index (κ2) is 8.53. The predicted octanol–water partition coefficient (Wildman–Crippen LogP) is 2.00. The Morgan fingerprint density at radius 3 is 2.67 bits per heavy atom. The molecule has 0 fully saturated rings. The van der Waals surface area contributed by atoms with Crippen LogP contribution in [-0.2, 0) is 9.53 Å². The summed E-state index contributed by atoms with van der Waals surface area (Å²) in [5.74, 6) is 0.580. The normalized spacial score (nSPS) is 11.9. The third kappa shape index (κ3) is 5.19. The molecule has 0 aliphatic rings. The Morgan fingerprint density at radius 2 is 2.06 bits per heavy atom. The van der Waals surface area contributed by atoms with Crippen LogP contribution in [0.1, 0.15) is 19.8 Å². The average Bonchev–Trinajstić information content (AvgIpc) is 2.43. The van der Waals surface area contributed by atoms with Crippen LogP contribution in [0.3, 0.4) is 0 Å². The molecule has 0 saturated heterocycles. The zero-order chi connectivity index (χ0) is 13.2. The van der Waals surface area contributed by atoms with Crippen molar-refractivity contribution in [1.29, 1.82) is 0 Å². The van der Waals surface area contributed by atoms with Crippen molar-refractivity contribution in [2.45, 2.75) is 25.8 Å². The SMILES string of the molecule is CCCNC(CCOc1ccccc1)C(=O)OC. The monoisotopic (exact) mass is 251 g/mol. The van der Waals surface area contributed by atoms with Crippen LogP contribution >= 0.6 is 0 Å². The Labute approximate surface area is 108 Å². The van der Waals surface area contributed by atoms with E-state index in [1.165, 1.54) is 7.11 Å². The molecule has 1 unspecified atom stereocenters. The van der Waals surface area contributed by atoms with Gasteiger partial charge in [-0.3, -0.25) is 4.79 Å². The number of esters is 1. The maximum atomic E-state index is 11.5. The first kappa shape index (κ1) is 14.5. The number of carbonyl (C=O) groups is 1. The van der Waals surface area contributed by atoms with Gasteiger partial charge in [0.05, 0.1) is 13.7 Å². The van der Waals surface area contributed by atoms with Crippen LogP contribution in [0.4, 0.5) is 0 Å². The van der Waals surface area contributed by atoms with E-state index in [1.807, 2.05) is 30.3 Å². The van der Waals surface area contributed by atoms with Crippen molar-refractivity contribution < 1.29 is 14.3 Å². The molecule has 18 heavy (non-hydrogen) atoms. The van der Waals surface area contributed by atoms with Crippen molar-refractivity contribution in [1.82, 2.24) is 5.32 Å². The van der Waals surface area contributed by atoms with E-state index in [1.54, 1.807) is 0 Å². The van der Waals surface area contributed by atoms with Crippen LogP contribution in [0, 0.1) is 0 Å². The van der Waals surface area contributed by atoms with Crippen molar-refractivity contribution in [2.24, 2.45) is 0 Å². The highest BCUT2D eigenvalue weighted by Gasteiger charge is 2.17. The number of ether oxygens (including phenoxy) is 2. The number of hydrogen-bond donors (Lipinski definition) is 1. The highest BCUT2D eigenvalue weighted by atomic mass is 16.5. The van der Waals surface area contributed by atoms with E-state index in [0.29, 0.717) is 13.0 Å². The Kier molecular flexibility index (Phi) is 6.87. The summed E-state index contributed by atoms with van der Waals surface area (Å²) in [7, 11) is 1.40. The first-order chi connectivity index (χ1) is 8.77. The van der Waals surface area contributed by atoms with Gasteiger partial charge in [-0.2, -0.15) is 0 Å². The summed E-state index contributed by atoms with van der Waals surface area (Å²) in [6.45, 7) is 3.34. The molecule has 0 spiro atoms. The smallest absolute Gasteiger partial charge is 0.322 e. The quantitative estimate of drug-likeness (QED) is 0.718. The number of rotatable bonds is 8. The van der Waals surface area contributed by atoms with E-state index >= 15 is 0 Å². The molecule has 0 aliphatic heterocycles. The molecular formula is C14H21NO3. The fraction of sp³-hybridized carbons (Fsp3) is 0.500. The fourth-order valence-electron chi connectivity index (χ4n) is 1.58. The van der Waals surface area contributed by atoms with Crippen LogP contribution in [0.5, 0.6) is 5.75 Å².